The molecule has 1 saturated heterocycles. The number of hydrazine groups is 1. The second-order valence-corrected chi connectivity index (χ2v) is 8.71. The quantitative estimate of drug-likeness (QED) is 0.402. The fourth-order valence-electron chi connectivity index (χ4n) is 3.79. The second-order valence-electron chi connectivity index (χ2n) is 7.83. The molecule has 0 aliphatic carbocycles. The van der Waals surface area contributed by atoms with Gasteiger partial charge in [-0.3, -0.25) is 14.6 Å². The summed E-state index contributed by atoms with van der Waals surface area (Å²) in [4.78, 5) is 37.8. The molecule has 1 amide bonds. The Morgan fingerprint density at radius 3 is 2.34 bits per heavy atom. The van der Waals surface area contributed by atoms with E-state index in [1.807, 2.05) is 47.7 Å². The summed E-state index contributed by atoms with van der Waals surface area (Å²) in [7, 11) is 1.36. The Labute approximate surface area is 193 Å². The molecule has 0 radical (unpaired) electrons. The first-order chi connectivity index (χ1) is 15.5. The average Bonchev–Trinajstić information content (AvgIpc) is 2.82. The van der Waals surface area contributed by atoms with Crippen LogP contribution in [0.15, 0.2) is 53.4 Å². The van der Waals surface area contributed by atoms with Gasteiger partial charge >= 0.3 is 5.97 Å². The monoisotopic (exact) mass is 454 g/mol. The molecule has 170 valence electrons. The molecular formula is C25H30N2O4S. The summed E-state index contributed by atoms with van der Waals surface area (Å²) >= 11 is 1.68. The molecule has 0 aromatic heterocycles. The van der Waals surface area contributed by atoms with Crippen LogP contribution in [0.4, 0.5) is 0 Å². The molecule has 0 atom stereocenters. The Morgan fingerprint density at radius 2 is 1.69 bits per heavy atom. The molecule has 32 heavy (non-hydrogen) atoms. The van der Waals surface area contributed by atoms with E-state index in [1.165, 1.54) is 12.0 Å². The molecule has 2 aromatic carbocycles. The van der Waals surface area contributed by atoms with Crippen molar-refractivity contribution in [3.63, 3.8) is 0 Å². The second kappa shape index (κ2) is 11.8. The lowest BCUT2D eigenvalue weighted by molar-refractivity contribution is -0.156. The number of carbonyl (C=O) groups excluding carboxylic acids is 3. The van der Waals surface area contributed by atoms with Gasteiger partial charge in [0.2, 0.25) is 5.91 Å². The summed E-state index contributed by atoms with van der Waals surface area (Å²) in [6.45, 7) is 1.89. The number of amides is 1. The molecule has 0 N–H and O–H groups in total. The van der Waals surface area contributed by atoms with Crippen LogP contribution in [0.3, 0.4) is 0 Å². The zero-order valence-electron chi connectivity index (χ0n) is 18.7. The van der Waals surface area contributed by atoms with Gasteiger partial charge in [-0.1, -0.05) is 24.3 Å². The first kappa shape index (κ1) is 24.0. The van der Waals surface area contributed by atoms with Crippen molar-refractivity contribution in [2.24, 2.45) is 0 Å². The smallest absolute Gasteiger partial charge is 0.337 e. The molecule has 1 fully saturated rings. The highest BCUT2D eigenvalue weighted by Gasteiger charge is 2.26. The van der Waals surface area contributed by atoms with Crippen LogP contribution in [0.2, 0.25) is 0 Å². The normalized spacial score (nSPS) is 14.4. The SMILES string of the molecule is COC(=O)c1ccc(CCN2C(=O)CCCN2CCC(=O)Cc2ccc(SC)cc2)cc1. The summed E-state index contributed by atoms with van der Waals surface area (Å²) < 4.78 is 4.73. The summed E-state index contributed by atoms with van der Waals surface area (Å²) in [5.74, 6) is -0.0837. The van der Waals surface area contributed by atoms with Crippen molar-refractivity contribution in [2.45, 2.75) is 37.0 Å². The number of rotatable bonds is 10. The topological polar surface area (TPSA) is 66.9 Å². The van der Waals surface area contributed by atoms with Crippen molar-refractivity contribution in [1.82, 2.24) is 10.0 Å². The third-order valence-corrected chi connectivity index (χ3v) is 6.38. The highest BCUT2D eigenvalue weighted by molar-refractivity contribution is 7.98. The van der Waals surface area contributed by atoms with E-state index in [4.69, 9.17) is 4.74 Å². The van der Waals surface area contributed by atoms with Gasteiger partial charge in [0.1, 0.15) is 5.78 Å². The van der Waals surface area contributed by atoms with Crippen molar-refractivity contribution in [3.05, 3.63) is 65.2 Å². The minimum Gasteiger partial charge on any atom is -0.465 e. The minimum atomic E-state index is -0.362. The summed E-state index contributed by atoms with van der Waals surface area (Å²) in [5, 5.41) is 3.81. The molecule has 2 aromatic rings. The van der Waals surface area contributed by atoms with Gasteiger partial charge in [0.25, 0.3) is 0 Å². The first-order valence-electron chi connectivity index (χ1n) is 10.9. The van der Waals surface area contributed by atoms with Crippen molar-refractivity contribution in [2.75, 3.05) is 33.0 Å². The van der Waals surface area contributed by atoms with Gasteiger partial charge < -0.3 is 4.74 Å². The maximum atomic E-state index is 12.5. The Kier molecular flexibility index (Phi) is 8.88. The van der Waals surface area contributed by atoms with E-state index < -0.39 is 0 Å². The highest BCUT2D eigenvalue weighted by atomic mass is 32.2. The van der Waals surface area contributed by atoms with E-state index in [9.17, 15) is 14.4 Å². The lowest BCUT2D eigenvalue weighted by atomic mass is 10.1. The summed E-state index contributed by atoms with van der Waals surface area (Å²) in [5.41, 5.74) is 2.57. The summed E-state index contributed by atoms with van der Waals surface area (Å²) in [6.07, 6.45) is 4.90. The number of esters is 1. The predicted molar refractivity (Wildman–Crippen MR) is 126 cm³/mol. The van der Waals surface area contributed by atoms with Crippen LogP contribution in [0, 0.1) is 0 Å². The number of methoxy groups -OCH3 is 1. The zero-order valence-corrected chi connectivity index (χ0v) is 19.5. The van der Waals surface area contributed by atoms with E-state index in [-0.39, 0.29) is 17.7 Å². The largest absolute Gasteiger partial charge is 0.465 e. The Bertz CT molecular complexity index is 928. The zero-order chi connectivity index (χ0) is 22.9. The van der Waals surface area contributed by atoms with Crippen molar-refractivity contribution < 1.29 is 19.1 Å². The van der Waals surface area contributed by atoms with Crippen LogP contribution in [-0.4, -0.2) is 60.7 Å². The van der Waals surface area contributed by atoms with Gasteiger partial charge in [0.15, 0.2) is 0 Å². The number of benzene rings is 2. The lowest BCUT2D eigenvalue weighted by Crippen LogP contribution is -2.51. The molecule has 3 rings (SSSR count). The molecule has 1 heterocycles. The van der Waals surface area contributed by atoms with Gasteiger partial charge in [-0.15, -0.1) is 11.8 Å². The van der Waals surface area contributed by atoms with Crippen molar-refractivity contribution >= 4 is 29.4 Å². The van der Waals surface area contributed by atoms with Crippen LogP contribution >= 0.6 is 11.8 Å². The molecule has 1 aliphatic rings. The molecule has 0 spiro atoms. The van der Waals surface area contributed by atoms with Crippen LogP contribution in [0.5, 0.6) is 0 Å². The van der Waals surface area contributed by atoms with Crippen LogP contribution in [-0.2, 0) is 27.2 Å². The Balaban J connectivity index is 1.52. The molecule has 1 aliphatic heterocycles. The average molecular weight is 455 g/mol. The van der Waals surface area contributed by atoms with Gasteiger partial charge in [0.05, 0.1) is 12.7 Å². The van der Waals surface area contributed by atoms with E-state index >= 15 is 0 Å². The molecule has 7 heteroatoms. The Hall–Kier alpha value is -2.64. The fourth-order valence-corrected chi connectivity index (χ4v) is 4.20. The van der Waals surface area contributed by atoms with Crippen molar-refractivity contribution in [1.29, 1.82) is 0 Å². The minimum absolute atomic E-state index is 0.0996. The third kappa shape index (κ3) is 6.68. The predicted octanol–water partition coefficient (Wildman–Crippen LogP) is 3.78. The molecule has 0 unspecified atom stereocenters. The van der Waals surface area contributed by atoms with E-state index in [0.717, 1.165) is 24.1 Å². The van der Waals surface area contributed by atoms with Crippen LogP contribution in [0.1, 0.15) is 40.7 Å². The third-order valence-electron chi connectivity index (χ3n) is 5.63. The Morgan fingerprint density at radius 1 is 1.00 bits per heavy atom. The van der Waals surface area contributed by atoms with Crippen LogP contribution in [0.25, 0.3) is 0 Å². The lowest BCUT2D eigenvalue weighted by Gasteiger charge is -2.38. The van der Waals surface area contributed by atoms with E-state index in [2.05, 4.69) is 0 Å². The number of hydrogen-bond acceptors (Lipinski definition) is 6. The van der Waals surface area contributed by atoms with Crippen molar-refractivity contribution in [3.8, 4) is 0 Å². The van der Waals surface area contributed by atoms with Gasteiger partial charge in [-0.05, 0) is 54.5 Å². The van der Waals surface area contributed by atoms with Crippen LogP contribution < -0.4 is 0 Å². The number of Topliss-reactive ketones (excluding diaryl/α,β-unsaturated/α-hetero) is 1. The standard InChI is InChI=1S/C25H30N2O4S/c1-31-25(30)21-9-5-19(6-10-21)13-17-27-24(29)4-3-15-26(27)16-14-22(28)18-20-7-11-23(32-2)12-8-20/h5-12H,3-4,13-18H2,1-2H3. The molecule has 6 nitrogen and oxygen atoms in total. The van der Waals surface area contributed by atoms with E-state index in [1.54, 1.807) is 28.9 Å². The molecule has 0 bridgehead atoms. The highest BCUT2D eigenvalue weighted by Crippen LogP contribution is 2.17. The number of ketones is 1. The molecule has 0 saturated carbocycles. The van der Waals surface area contributed by atoms with Gasteiger partial charge in [-0.2, -0.15) is 0 Å². The number of carbonyl (C=O) groups is 3. The van der Waals surface area contributed by atoms with Gasteiger partial charge in [0, 0.05) is 43.8 Å². The number of ether oxygens (including phenoxy) is 1. The maximum Gasteiger partial charge on any atom is 0.337 e. The molecular weight excluding hydrogens is 424 g/mol. The summed E-state index contributed by atoms with van der Waals surface area (Å²) in [6, 6.07) is 15.3. The van der Waals surface area contributed by atoms with E-state index in [0.29, 0.717) is 44.3 Å². The fraction of sp³-hybridized carbons (Fsp3) is 0.400. The first-order valence-corrected chi connectivity index (χ1v) is 12.1. The number of thioether (sulfide) groups is 1. The van der Waals surface area contributed by atoms with Gasteiger partial charge in [-0.25, -0.2) is 9.80 Å². The number of nitrogens with zero attached hydrogens (tertiary/aromatic N) is 2. The number of hydrogen-bond donors (Lipinski definition) is 0. The maximum absolute atomic E-state index is 12.5.